The predicted octanol–water partition coefficient (Wildman–Crippen LogP) is 4.16. The van der Waals surface area contributed by atoms with Gasteiger partial charge in [0.2, 0.25) is 0 Å². The minimum atomic E-state index is 0.712. The summed E-state index contributed by atoms with van der Waals surface area (Å²) in [5.74, 6) is 2.67. The molecule has 2 nitrogen and oxygen atoms in total. The summed E-state index contributed by atoms with van der Waals surface area (Å²) in [6.45, 7) is 11.2. The molecule has 0 aromatic heterocycles. The SMILES string of the molecule is CC(C)N1CC2CCC(c3ccc(CCN4CCCC4)cc3)C2C1. The van der Waals surface area contributed by atoms with Crippen LogP contribution in [0.3, 0.4) is 0 Å². The molecule has 1 aromatic carbocycles. The van der Waals surface area contributed by atoms with E-state index in [1.54, 1.807) is 5.56 Å². The van der Waals surface area contributed by atoms with E-state index in [0.717, 1.165) is 17.8 Å². The molecule has 2 heterocycles. The fourth-order valence-electron chi connectivity index (χ4n) is 5.36. The molecule has 3 fully saturated rings. The van der Waals surface area contributed by atoms with Gasteiger partial charge in [0.05, 0.1) is 0 Å². The lowest BCUT2D eigenvalue weighted by atomic mass is 9.86. The average molecular weight is 327 g/mol. The summed E-state index contributed by atoms with van der Waals surface area (Å²) in [5, 5.41) is 0. The normalized spacial score (nSPS) is 31.2. The number of likely N-dealkylation sites (tertiary alicyclic amines) is 2. The Balaban J connectivity index is 1.36. The Morgan fingerprint density at radius 1 is 1.00 bits per heavy atom. The molecule has 2 aliphatic heterocycles. The number of fused-ring (bicyclic) bond motifs is 1. The van der Waals surface area contributed by atoms with Crippen LogP contribution in [0.15, 0.2) is 24.3 Å². The maximum Gasteiger partial charge on any atom is 0.00388 e. The van der Waals surface area contributed by atoms with Gasteiger partial charge >= 0.3 is 0 Å². The molecule has 3 atom stereocenters. The summed E-state index contributed by atoms with van der Waals surface area (Å²) in [6.07, 6.45) is 6.87. The van der Waals surface area contributed by atoms with Crippen molar-refractivity contribution in [3.63, 3.8) is 0 Å². The van der Waals surface area contributed by atoms with Gasteiger partial charge in [0.15, 0.2) is 0 Å². The average Bonchev–Trinajstić information content (AvgIpc) is 3.30. The van der Waals surface area contributed by atoms with Crippen LogP contribution >= 0.6 is 0 Å². The van der Waals surface area contributed by atoms with Crippen LogP contribution in [0.2, 0.25) is 0 Å². The number of rotatable bonds is 5. The van der Waals surface area contributed by atoms with Gasteiger partial charge < -0.3 is 9.80 Å². The number of benzene rings is 1. The van der Waals surface area contributed by atoms with Crippen LogP contribution in [0.1, 0.15) is 56.6 Å². The van der Waals surface area contributed by atoms with Crippen molar-refractivity contribution in [2.45, 2.75) is 57.9 Å². The summed E-state index contributed by atoms with van der Waals surface area (Å²) < 4.78 is 0. The van der Waals surface area contributed by atoms with Gasteiger partial charge in [-0.3, -0.25) is 0 Å². The van der Waals surface area contributed by atoms with E-state index in [9.17, 15) is 0 Å². The summed E-state index contributed by atoms with van der Waals surface area (Å²) in [4.78, 5) is 5.32. The van der Waals surface area contributed by atoms with Crippen molar-refractivity contribution in [1.29, 1.82) is 0 Å². The minimum absolute atomic E-state index is 0.712. The zero-order valence-corrected chi connectivity index (χ0v) is 15.6. The smallest absolute Gasteiger partial charge is 0.00388 e. The highest BCUT2D eigenvalue weighted by atomic mass is 15.2. The van der Waals surface area contributed by atoms with Crippen LogP contribution in [0, 0.1) is 11.8 Å². The number of nitrogens with zero attached hydrogens (tertiary/aromatic N) is 2. The largest absolute Gasteiger partial charge is 0.303 e. The van der Waals surface area contributed by atoms with Crippen molar-refractivity contribution in [1.82, 2.24) is 9.80 Å². The van der Waals surface area contributed by atoms with Gasteiger partial charge in [-0.05, 0) is 87.9 Å². The van der Waals surface area contributed by atoms with Crippen LogP contribution < -0.4 is 0 Å². The third-order valence-corrected chi connectivity index (χ3v) is 6.94. The van der Waals surface area contributed by atoms with E-state index in [1.807, 2.05) is 0 Å². The van der Waals surface area contributed by atoms with Crippen molar-refractivity contribution in [3.05, 3.63) is 35.4 Å². The van der Waals surface area contributed by atoms with Crippen molar-refractivity contribution < 1.29 is 0 Å². The first-order valence-corrected chi connectivity index (χ1v) is 10.3. The first kappa shape index (κ1) is 16.6. The maximum atomic E-state index is 2.70. The second-order valence-electron chi connectivity index (χ2n) is 8.70. The summed E-state index contributed by atoms with van der Waals surface area (Å²) >= 11 is 0. The Kier molecular flexibility index (Phi) is 4.96. The fraction of sp³-hybridized carbons (Fsp3) is 0.727. The van der Waals surface area contributed by atoms with Gasteiger partial charge in [-0.1, -0.05) is 24.3 Å². The summed E-state index contributed by atoms with van der Waals surface area (Å²) in [6, 6.07) is 10.4. The molecular formula is C22H34N2. The highest BCUT2D eigenvalue weighted by Crippen LogP contribution is 2.47. The standard InChI is InChI=1S/C22H34N2/c1-17(2)24-15-20-9-10-21(22(20)16-24)19-7-5-18(6-8-19)11-14-23-12-3-4-13-23/h5-8,17,20-22H,3-4,9-16H2,1-2H3. The first-order valence-electron chi connectivity index (χ1n) is 10.3. The van der Waals surface area contributed by atoms with Crippen LogP contribution in [0.4, 0.5) is 0 Å². The monoisotopic (exact) mass is 326 g/mol. The number of hydrogen-bond acceptors (Lipinski definition) is 2. The quantitative estimate of drug-likeness (QED) is 0.802. The topological polar surface area (TPSA) is 6.48 Å². The predicted molar refractivity (Wildman–Crippen MR) is 101 cm³/mol. The van der Waals surface area contributed by atoms with Crippen LogP contribution in [0.25, 0.3) is 0 Å². The van der Waals surface area contributed by atoms with E-state index in [0.29, 0.717) is 6.04 Å². The summed E-state index contributed by atoms with van der Waals surface area (Å²) in [7, 11) is 0. The van der Waals surface area contributed by atoms with Crippen molar-refractivity contribution in [2.75, 3.05) is 32.7 Å². The van der Waals surface area contributed by atoms with Crippen molar-refractivity contribution in [2.24, 2.45) is 11.8 Å². The third-order valence-electron chi connectivity index (χ3n) is 6.94. The minimum Gasteiger partial charge on any atom is -0.303 e. The highest BCUT2D eigenvalue weighted by Gasteiger charge is 2.43. The van der Waals surface area contributed by atoms with E-state index >= 15 is 0 Å². The lowest BCUT2D eigenvalue weighted by molar-refractivity contribution is 0.251. The Labute approximate surface area is 148 Å². The molecular weight excluding hydrogens is 292 g/mol. The van der Waals surface area contributed by atoms with Gasteiger partial charge in [0.25, 0.3) is 0 Å². The first-order chi connectivity index (χ1) is 11.7. The summed E-state index contributed by atoms with van der Waals surface area (Å²) in [5.41, 5.74) is 3.13. The van der Waals surface area contributed by atoms with E-state index in [2.05, 4.69) is 47.9 Å². The molecule has 1 aliphatic carbocycles. The highest BCUT2D eigenvalue weighted by molar-refractivity contribution is 5.28. The van der Waals surface area contributed by atoms with Crippen LogP contribution in [-0.4, -0.2) is 48.6 Å². The van der Waals surface area contributed by atoms with Crippen LogP contribution in [-0.2, 0) is 6.42 Å². The fourth-order valence-corrected chi connectivity index (χ4v) is 5.36. The Hall–Kier alpha value is -0.860. The molecule has 0 bridgehead atoms. The zero-order chi connectivity index (χ0) is 16.5. The molecule has 0 N–H and O–H groups in total. The Morgan fingerprint density at radius 3 is 2.46 bits per heavy atom. The molecule has 2 saturated heterocycles. The molecule has 24 heavy (non-hydrogen) atoms. The molecule has 0 amide bonds. The van der Waals surface area contributed by atoms with Gasteiger partial charge in [-0.25, -0.2) is 0 Å². The van der Waals surface area contributed by atoms with Gasteiger partial charge in [-0.15, -0.1) is 0 Å². The molecule has 1 aromatic rings. The second-order valence-corrected chi connectivity index (χ2v) is 8.70. The van der Waals surface area contributed by atoms with Crippen LogP contribution in [0.5, 0.6) is 0 Å². The molecule has 2 heteroatoms. The van der Waals surface area contributed by atoms with Crippen molar-refractivity contribution in [3.8, 4) is 0 Å². The lowest BCUT2D eigenvalue weighted by Crippen LogP contribution is -2.29. The maximum absolute atomic E-state index is 2.70. The Bertz CT molecular complexity index is 529. The molecule has 132 valence electrons. The van der Waals surface area contributed by atoms with E-state index in [4.69, 9.17) is 0 Å². The Morgan fingerprint density at radius 2 is 1.75 bits per heavy atom. The molecule has 0 radical (unpaired) electrons. The van der Waals surface area contributed by atoms with E-state index in [-0.39, 0.29) is 0 Å². The molecule has 0 spiro atoms. The molecule has 4 rings (SSSR count). The molecule has 1 saturated carbocycles. The molecule has 3 aliphatic rings. The van der Waals surface area contributed by atoms with E-state index in [1.165, 1.54) is 70.4 Å². The third kappa shape index (κ3) is 3.41. The second kappa shape index (κ2) is 7.17. The van der Waals surface area contributed by atoms with Crippen molar-refractivity contribution >= 4 is 0 Å². The van der Waals surface area contributed by atoms with Gasteiger partial charge in [0.1, 0.15) is 0 Å². The number of hydrogen-bond donors (Lipinski definition) is 0. The van der Waals surface area contributed by atoms with Gasteiger partial charge in [-0.2, -0.15) is 0 Å². The zero-order valence-electron chi connectivity index (χ0n) is 15.6. The van der Waals surface area contributed by atoms with E-state index < -0.39 is 0 Å². The lowest BCUT2D eigenvalue weighted by Gasteiger charge is -2.24. The molecule has 3 unspecified atom stereocenters. The van der Waals surface area contributed by atoms with Gasteiger partial charge in [0, 0.05) is 25.7 Å².